The summed E-state index contributed by atoms with van der Waals surface area (Å²) >= 11 is 0. The van der Waals surface area contributed by atoms with Gasteiger partial charge < -0.3 is 11.1 Å². The van der Waals surface area contributed by atoms with Crippen LogP contribution in [0.5, 0.6) is 0 Å². The molecule has 0 aliphatic heterocycles. The van der Waals surface area contributed by atoms with Crippen LogP contribution >= 0.6 is 0 Å². The first-order valence-corrected chi connectivity index (χ1v) is 8.03. The molecule has 1 unspecified atom stereocenters. The van der Waals surface area contributed by atoms with Gasteiger partial charge in [0.25, 0.3) is 0 Å². The van der Waals surface area contributed by atoms with Gasteiger partial charge in [0.1, 0.15) is 5.82 Å². The van der Waals surface area contributed by atoms with Crippen molar-refractivity contribution in [1.29, 1.82) is 0 Å². The lowest BCUT2D eigenvalue weighted by Crippen LogP contribution is -2.44. The Morgan fingerprint density at radius 3 is 2.57 bits per heavy atom. The molecule has 1 aromatic carbocycles. The van der Waals surface area contributed by atoms with Gasteiger partial charge in [-0.25, -0.2) is 12.8 Å². The smallest absolute Gasteiger partial charge is 0.241 e. The second kappa shape index (κ2) is 6.86. The maximum Gasteiger partial charge on any atom is 0.241 e. The molecule has 0 radical (unpaired) electrons. The second-order valence-corrected chi connectivity index (χ2v) is 6.49. The molecule has 1 rings (SSSR count). The topological polar surface area (TPSA) is 101 Å². The Labute approximate surface area is 124 Å². The largest absolute Gasteiger partial charge is 0.396 e. The summed E-state index contributed by atoms with van der Waals surface area (Å²) in [7, 11) is -3.95. The predicted molar refractivity (Wildman–Crippen MR) is 78.6 cm³/mol. The molecule has 118 valence electrons. The Morgan fingerprint density at radius 1 is 1.43 bits per heavy atom. The molecule has 0 aliphatic rings. The predicted octanol–water partition coefficient (Wildman–Crippen LogP) is 0.909. The number of nitrogen functional groups attached to an aromatic ring is 1. The van der Waals surface area contributed by atoms with E-state index < -0.39 is 27.8 Å². The van der Waals surface area contributed by atoms with Gasteiger partial charge in [-0.1, -0.05) is 6.92 Å². The van der Waals surface area contributed by atoms with Crippen LogP contribution in [0.2, 0.25) is 0 Å². The van der Waals surface area contributed by atoms with Gasteiger partial charge in [-0.3, -0.25) is 4.79 Å². The van der Waals surface area contributed by atoms with Gasteiger partial charge in [0.15, 0.2) is 0 Å². The summed E-state index contributed by atoms with van der Waals surface area (Å²) in [4.78, 5) is 11.5. The normalized spacial score (nSPS) is 13.0. The number of aryl methyl sites for hydroxylation is 1. The number of anilines is 1. The lowest BCUT2D eigenvalue weighted by molar-refractivity contribution is -0.122. The summed E-state index contributed by atoms with van der Waals surface area (Å²) in [5.41, 5.74) is 5.30. The maximum absolute atomic E-state index is 13.4. The number of hydrogen-bond donors (Lipinski definition) is 3. The number of hydrogen-bond acceptors (Lipinski definition) is 4. The average molecular weight is 317 g/mol. The molecule has 0 heterocycles. The van der Waals surface area contributed by atoms with E-state index in [9.17, 15) is 17.6 Å². The number of carbonyl (C=O) groups is 1. The summed E-state index contributed by atoms with van der Waals surface area (Å²) in [6.45, 7) is 5.21. The van der Waals surface area contributed by atoms with Crippen molar-refractivity contribution in [3.63, 3.8) is 0 Å². The Morgan fingerprint density at radius 2 is 2.05 bits per heavy atom. The van der Waals surface area contributed by atoms with Crippen LogP contribution in [0.15, 0.2) is 17.0 Å². The van der Waals surface area contributed by atoms with Crippen molar-refractivity contribution in [2.45, 2.75) is 38.1 Å². The van der Waals surface area contributed by atoms with Crippen LogP contribution in [0.3, 0.4) is 0 Å². The number of sulfonamides is 1. The van der Waals surface area contributed by atoms with Gasteiger partial charge in [0, 0.05) is 6.54 Å². The highest BCUT2D eigenvalue weighted by atomic mass is 32.2. The summed E-state index contributed by atoms with van der Waals surface area (Å²) in [5.74, 6) is -1.07. The quantitative estimate of drug-likeness (QED) is 0.679. The van der Waals surface area contributed by atoms with E-state index in [1.165, 1.54) is 19.9 Å². The first-order chi connectivity index (χ1) is 9.69. The Bertz CT molecular complexity index is 609. The summed E-state index contributed by atoms with van der Waals surface area (Å²) < 4.78 is 40.0. The lowest BCUT2D eigenvalue weighted by atomic mass is 10.2. The van der Waals surface area contributed by atoms with E-state index in [-0.39, 0.29) is 16.1 Å². The summed E-state index contributed by atoms with van der Waals surface area (Å²) in [5, 5.41) is 2.59. The Kier molecular flexibility index (Phi) is 5.68. The molecule has 0 saturated carbocycles. The van der Waals surface area contributed by atoms with Crippen molar-refractivity contribution in [1.82, 2.24) is 10.0 Å². The van der Waals surface area contributed by atoms with Crippen LogP contribution < -0.4 is 15.8 Å². The first-order valence-electron chi connectivity index (χ1n) is 6.54. The zero-order valence-electron chi connectivity index (χ0n) is 12.2. The van der Waals surface area contributed by atoms with Crippen LogP contribution in [0.4, 0.5) is 10.1 Å². The van der Waals surface area contributed by atoms with Gasteiger partial charge in [0.2, 0.25) is 15.9 Å². The van der Waals surface area contributed by atoms with Crippen LogP contribution in [0.25, 0.3) is 0 Å². The molecule has 21 heavy (non-hydrogen) atoms. The average Bonchev–Trinajstić information content (AvgIpc) is 2.40. The highest BCUT2D eigenvalue weighted by molar-refractivity contribution is 7.89. The molecule has 0 fully saturated rings. The van der Waals surface area contributed by atoms with Crippen molar-refractivity contribution >= 4 is 21.6 Å². The molecule has 6 nitrogen and oxygen atoms in total. The fourth-order valence-corrected chi connectivity index (χ4v) is 3.00. The molecule has 0 spiro atoms. The van der Waals surface area contributed by atoms with E-state index in [0.717, 1.165) is 12.5 Å². The van der Waals surface area contributed by atoms with Gasteiger partial charge >= 0.3 is 0 Å². The van der Waals surface area contributed by atoms with Crippen LogP contribution in [-0.2, 0) is 14.8 Å². The number of nitrogens with one attached hydrogen (secondary N) is 2. The summed E-state index contributed by atoms with van der Waals surface area (Å²) in [6.07, 6.45) is 0.749. The van der Waals surface area contributed by atoms with Gasteiger partial charge in [-0.2, -0.15) is 4.72 Å². The van der Waals surface area contributed by atoms with Crippen molar-refractivity contribution in [3.05, 3.63) is 23.5 Å². The van der Waals surface area contributed by atoms with E-state index in [1.807, 2.05) is 6.92 Å². The fraction of sp³-hybridized carbons (Fsp3) is 0.462. The van der Waals surface area contributed by atoms with Gasteiger partial charge in [-0.05, 0) is 38.0 Å². The highest BCUT2D eigenvalue weighted by Gasteiger charge is 2.23. The SMILES string of the molecule is CCCNC(=O)C(C)NS(=O)(=O)c1cc(C)c(F)c(N)c1. The van der Waals surface area contributed by atoms with Crippen LogP contribution in [0.1, 0.15) is 25.8 Å². The molecule has 0 saturated heterocycles. The van der Waals surface area contributed by atoms with E-state index >= 15 is 0 Å². The molecule has 0 aliphatic carbocycles. The zero-order valence-corrected chi connectivity index (χ0v) is 13.1. The molecule has 4 N–H and O–H groups in total. The number of benzene rings is 1. The van der Waals surface area contributed by atoms with Crippen molar-refractivity contribution < 1.29 is 17.6 Å². The van der Waals surface area contributed by atoms with Crippen molar-refractivity contribution in [2.75, 3.05) is 12.3 Å². The lowest BCUT2D eigenvalue weighted by Gasteiger charge is -2.15. The van der Waals surface area contributed by atoms with Crippen LogP contribution in [-0.4, -0.2) is 26.9 Å². The van der Waals surface area contributed by atoms with Crippen molar-refractivity contribution in [3.8, 4) is 0 Å². The Hall–Kier alpha value is -1.67. The van der Waals surface area contributed by atoms with Gasteiger partial charge in [0.05, 0.1) is 16.6 Å². The van der Waals surface area contributed by atoms with E-state index in [4.69, 9.17) is 5.73 Å². The molecule has 1 aromatic rings. The monoisotopic (exact) mass is 317 g/mol. The number of rotatable bonds is 6. The Balaban J connectivity index is 2.94. The fourth-order valence-electron chi connectivity index (χ4n) is 1.67. The van der Waals surface area contributed by atoms with Crippen LogP contribution in [0, 0.1) is 12.7 Å². The third kappa shape index (κ3) is 4.40. The minimum absolute atomic E-state index is 0.124. The molecular weight excluding hydrogens is 297 g/mol. The minimum atomic E-state index is -3.95. The van der Waals surface area contributed by atoms with Crippen molar-refractivity contribution in [2.24, 2.45) is 0 Å². The summed E-state index contributed by atoms with van der Waals surface area (Å²) in [6, 6.07) is 1.26. The molecule has 8 heteroatoms. The minimum Gasteiger partial charge on any atom is -0.396 e. The van der Waals surface area contributed by atoms with Gasteiger partial charge in [-0.15, -0.1) is 0 Å². The van der Waals surface area contributed by atoms with E-state index in [0.29, 0.717) is 6.54 Å². The second-order valence-electron chi connectivity index (χ2n) is 4.78. The number of halogens is 1. The molecular formula is C13H20FN3O3S. The number of amides is 1. The standard InChI is InChI=1S/C13H20FN3O3S/c1-4-5-16-13(18)9(3)17-21(19,20)10-6-8(2)12(14)11(15)7-10/h6-7,9,17H,4-5,15H2,1-3H3,(H,16,18). The molecule has 0 aromatic heterocycles. The molecule has 1 amide bonds. The molecule has 1 atom stereocenters. The highest BCUT2D eigenvalue weighted by Crippen LogP contribution is 2.20. The third-order valence-electron chi connectivity index (χ3n) is 2.84. The zero-order chi connectivity index (χ0) is 16.2. The van der Waals surface area contributed by atoms with E-state index in [1.54, 1.807) is 0 Å². The maximum atomic E-state index is 13.4. The number of nitrogens with two attached hydrogens (primary N) is 1. The van der Waals surface area contributed by atoms with E-state index in [2.05, 4.69) is 10.0 Å². The third-order valence-corrected chi connectivity index (χ3v) is 4.36. The first kappa shape index (κ1) is 17.4. The number of carbonyl (C=O) groups excluding carboxylic acids is 1. The molecule has 0 bridgehead atoms.